The number of hydrogen-bond donors (Lipinski definition) is 0. The molecule has 2 fully saturated rings. The largest absolute Gasteiger partial charge is 0.342 e. The monoisotopic (exact) mass is 336 g/mol. The van der Waals surface area contributed by atoms with E-state index in [0.717, 1.165) is 0 Å². The normalized spacial score (nSPS) is 34.3. The van der Waals surface area contributed by atoms with Gasteiger partial charge >= 0.3 is 0 Å². The molecule has 2 aliphatic carbocycles. The van der Waals surface area contributed by atoms with Crippen molar-refractivity contribution in [1.29, 1.82) is 5.26 Å². The molecule has 0 aromatic carbocycles. The molecule has 6 heteroatoms. The van der Waals surface area contributed by atoms with Gasteiger partial charge in [0.15, 0.2) is 5.78 Å². The van der Waals surface area contributed by atoms with Gasteiger partial charge in [0.05, 0.1) is 5.57 Å². The summed E-state index contributed by atoms with van der Waals surface area (Å²) in [7, 11) is 0. The van der Waals surface area contributed by atoms with E-state index in [9.17, 15) is 23.6 Å². The van der Waals surface area contributed by atoms with Gasteiger partial charge in [0.25, 0.3) is 0 Å². The molecule has 0 radical (unpaired) electrons. The van der Waals surface area contributed by atoms with Crippen LogP contribution in [0.4, 0.5) is 8.78 Å². The smallest absolute Gasteiger partial charge is 0.248 e. The Morgan fingerprint density at radius 1 is 1.38 bits per heavy atom. The Kier molecular flexibility index (Phi) is 3.82. The predicted octanol–water partition coefficient (Wildman–Crippen LogP) is 3.09. The number of rotatable bonds is 1. The molecule has 1 saturated heterocycles. The number of alkyl halides is 2. The summed E-state index contributed by atoms with van der Waals surface area (Å²) in [5.74, 6) is -3.69. The van der Waals surface area contributed by atoms with Gasteiger partial charge in [0, 0.05) is 42.7 Å². The van der Waals surface area contributed by atoms with Gasteiger partial charge in [-0.2, -0.15) is 5.26 Å². The minimum atomic E-state index is -2.73. The molecule has 1 aliphatic heterocycles. The maximum Gasteiger partial charge on any atom is 0.248 e. The second-order valence-electron chi connectivity index (χ2n) is 8.23. The molecular formula is C18H22F2N2O2. The third-order valence-electron chi connectivity index (χ3n) is 5.67. The molecule has 1 heterocycles. The Hall–Kier alpha value is -1.77. The predicted molar refractivity (Wildman–Crippen MR) is 83.0 cm³/mol. The summed E-state index contributed by atoms with van der Waals surface area (Å²) in [5, 5.41) is 9.24. The average Bonchev–Trinajstić information content (AvgIpc) is 3.06. The zero-order valence-electron chi connectivity index (χ0n) is 14.1. The van der Waals surface area contributed by atoms with Crippen molar-refractivity contribution in [3.63, 3.8) is 0 Å². The number of carbonyl (C=O) groups excluding carboxylic acids is 2. The number of nitrogens with zero attached hydrogens (tertiary/aromatic N) is 2. The van der Waals surface area contributed by atoms with E-state index in [2.05, 4.69) is 0 Å². The van der Waals surface area contributed by atoms with Crippen LogP contribution in [0.5, 0.6) is 0 Å². The van der Waals surface area contributed by atoms with E-state index in [1.807, 2.05) is 19.9 Å². The van der Waals surface area contributed by atoms with Crippen molar-refractivity contribution in [2.24, 2.45) is 16.7 Å². The van der Waals surface area contributed by atoms with Gasteiger partial charge in [-0.1, -0.05) is 19.9 Å². The van der Waals surface area contributed by atoms with Gasteiger partial charge in [-0.25, -0.2) is 8.78 Å². The standard InChI is InChI=1S/C18H22F2N2O2/c1-16(2)10-17(7-13(9-21)14(16)23)5-6-22(11-17)15(24)12-3-4-18(19,20)8-12/h7,12H,3-6,8,10-11H2,1-2H3/t12?,17-/m1/s1. The minimum absolute atomic E-state index is 0.157. The summed E-state index contributed by atoms with van der Waals surface area (Å²) in [6.07, 6.45) is 2.62. The molecule has 0 bridgehead atoms. The number of halogens is 2. The fourth-order valence-corrected chi connectivity index (χ4v) is 4.60. The van der Waals surface area contributed by atoms with E-state index >= 15 is 0 Å². The Balaban J connectivity index is 1.78. The van der Waals surface area contributed by atoms with Crippen molar-refractivity contribution in [1.82, 2.24) is 4.90 Å². The molecule has 3 aliphatic rings. The number of allylic oxidation sites excluding steroid dienone is 1. The third-order valence-corrected chi connectivity index (χ3v) is 5.67. The summed E-state index contributed by atoms with van der Waals surface area (Å²) in [4.78, 5) is 26.5. The second kappa shape index (κ2) is 5.37. The van der Waals surface area contributed by atoms with Crippen LogP contribution in [-0.2, 0) is 9.59 Å². The number of ketones is 1. The molecule has 4 nitrogen and oxygen atoms in total. The summed E-state index contributed by atoms with van der Waals surface area (Å²) in [6.45, 7) is 4.56. The zero-order chi connectivity index (χ0) is 17.8. The Labute approximate surface area is 140 Å². The van der Waals surface area contributed by atoms with Crippen LogP contribution in [-0.4, -0.2) is 35.6 Å². The molecule has 0 aromatic heterocycles. The fourth-order valence-electron chi connectivity index (χ4n) is 4.60. The van der Waals surface area contributed by atoms with Crippen LogP contribution in [0.2, 0.25) is 0 Å². The molecule has 1 saturated carbocycles. The fraction of sp³-hybridized carbons (Fsp3) is 0.722. The minimum Gasteiger partial charge on any atom is -0.342 e. The summed E-state index contributed by atoms with van der Waals surface area (Å²) >= 11 is 0. The number of hydrogen-bond acceptors (Lipinski definition) is 3. The maximum absolute atomic E-state index is 13.4. The van der Waals surface area contributed by atoms with Crippen LogP contribution in [0, 0.1) is 28.1 Å². The van der Waals surface area contributed by atoms with Crippen molar-refractivity contribution in [3.8, 4) is 6.07 Å². The molecule has 2 atom stereocenters. The molecule has 0 aromatic rings. The molecular weight excluding hydrogens is 314 g/mol. The van der Waals surface area contributed by atoms with Gasteiger partial charge < -0.3 is 4.90 Å². The number of nitriles is 1. The highest BCUT2D eigenvalue weighted by Crippen LogP contribution is 2.49. The first-order valence-corrected chi connectivity index (χ1v) is 8.42. The van der Waals surface area contributed by atoms with Gasteiger partial charge in [-0.05, 0) is 19.3 Å². The van der Waals surface area contributed by atoms with Crippen LogP contribution in [0.25, 0.3) is 0 Å². The van der Waals surface area contributed by atoms with Crippen molar-refractivity contribution in [3.05, 3.63) is 11.6 Å². The lowest BCUT2D eigenvalue weighted by Gasteiger charge is -2.38. The van der Waals surface area contributed by atoms with Crippen molar-refractivity contribution >= 4 is 11.7 Å². The van der Waals surface area contributed by atoms with Crippen molar-refractivity contribution in [2.75, 3.05) is 13.1 Å². The van der Waals surface area contributed by atoms with Gasteiger partial charge in [-0.15, -0.1) is 0 Å². The van der Waals surface area contributed by atoms with Crippen molar-refractivity contribution in [2.45, 2.75) is 51.9 Å². The average molecular weight is 336 g/mol. The first-order chi connectivity index (χ1) is 11.1. The highest BCUT2D eigenvalue weighted by molar-refractivity contribution is 6.03. The summed E-state index contributed by atoms with van der Waals surface area (Å²) in [5.41, 5.74) is -0.869. The quantitative estimate of drug-likeness (QED) is 0.739. The molecule has 130 valence electrons. The summed E-state index contributed by atoms with van der Waals surface area (Å²) in [6, 6.07) is 1.98. The molecule has 1 unspecified atom stereocenters. The third kappa shape index (κ3) is 2.85. The lowest BCUT2D eigenvalue weighted by molar-refractivity contribution is -0.135. The number of amides is 1. The topological polar surface area (TPSA) is 61.2 Å². The molecule has 1 spiro atoms. The van der Waals surface area contributed by atoms with E-state index in [4.69, 9.17) is 0 Å². The van der Waals surface area contributed by atoms with E-state index in [0.29, 0.717) is 25.9 Å². The van der Waals surface area contributed by atoms with Crippen LogP contribution in [0.3, 0.4) is 0 Å². The zero-order valence-corrected chi connectivity index (χ0v) is 14.1. The Morgan fingerprint density at radius 3 is 2.67 bits per heavy atom. The number of likely N-dealkylation sites (tertiary alicyclic amines) is 1. The van der Waals surface area contributed by atoms with E-state index in [1.54, 1.807) is 11.0 Å². The van der Waals surface area contributed by atoms with Crippen LogP contribution in [0.15, 0.2) is 11.6 Å². The van der Waals surface area contributed by atoms with Gasteiger partial charge in [0.1, 0.15) is 6.07 Å². The lowest BCUT2D eigenvalue weighted by atomic mass is 9.64. The van der Waals surface area contributed by atoms with E-state index in [1.165, 1.54) is 0 Å². The van der Waals surface area contributed by atoms with E-state index < -0.39 is 17.3 Å². The number of Topliss-reactive ketones (excluding diaryl/α,β-unsaturated/α-hetero) is 1. The Morgan fingerprint density at radius 2 is 2.08 bits per heavy atom. The van der Waals surface area contributed by atoms with Gasteiger partial charge in [-0.3, -0.25) is 9.59 Å². The Bertz CT molecular complexity index is 662. The molecule has 24 heavy (non-hydrogen) atoms. The maximum atomic E-state index is 13.4. The first-order valence-electron chi connectivity index (χ1n) is 8.42. The lowest BCUT2D eigenvalue weighted by Crippen LogP contribution is -2.41. The number of carbonyl (C=O) groups is 2. The van der Waals surface area contributed by atoms with Crippen LogP contribution < -0.4 is 0 Å². The molecule has 1 amide bonds. The second-order valence-corrected chi connectivity index (χ2v) is 8.23. The molecule has 0 N–H and O–H groups in total. The van der Waals surface area contributed by atoms with E-state index in [-0.39, 0.29) is 41.9 Å². The SMILES string of the molecule is CC1(C)C[C@]2(C=C(C#N)C1=O)CCN(C(=O)C1CCC(F)(F)C1)C2. The molecule has 3 rings (SSSR count). The first kappa shape index (κ1) is 17.1. The van der Waals surface area contributed by atoms with Crippen LogP contribution in [0.1, 0.15) is 46.0 Å². The summed E-state index contributed by atoms with van der Waals surface area (Å²) < 4.78 is 26.8. The van der Waals surface area contributed by atoms with Crippen LogP contribution >= 0.6 is 0 Å². The highest BCUT2D eigenvalue weighted by Gasteiger charge is 2.50. The van der Waals surface area contributed by atoms with Gasteiger partial charge in [0.2, 0.25) is 11.8 Å². The highest BCUT2D eigenvalue weighted by atomic mass is 19.3. The van der Waals surface area contributed by atoms with Crippen molar-refractivity contribution < 1.29 is 18.4 Å².